The Morgan fingerprint density at radius 3 is 1.30 bits per heavy atom. The van der Waals surface area contributed by atoms with Crippen LogP contribution in [-0.4, -0.2) is 19.1 Å². The second kappa shape index (κ2) is 25.5. The summed E-state index contributed by atoms with van der Waals surface area (Å²) in [6.45, 7) is 0. The summed E-state index contributed by atoms with van der Waals surface area (Å²) in [6.07, 6.45) is 16.5. The summed E-state index contributed by atoms with van der Waals surface area (Å²) in [5.74, 6) is 1.58. The van der Waals surface area contributed by atoms with Crippen LogP contribution in [0.2, 0.25) is 0 Å². The van der Waals surface area contributed by atoms with E-state index in [4.69, 9.17) is 9.97 Å². The summed E-state index contributed by atoms with van der Waals surface area (Å²) < 4.78 is 25.0. The molecule has 0 amide bonds. The Labute approximate surface area is 596 Å². The van der Waals surface area contributed by atoms with E-state index in [9.17, 15) is 0 Å². The summed E-state index contributed by atoms with van der Waals surface area (Å²) in [5, 5.41) is 8.96. The molecule has 0 N–H and O–H groups in total. The van der Waals surface area contributed by atoms with Crippen LogP contribution in [0.4, 0.5) is 0 Å². The second-order valence-electron chi connectivity index (χ2n) is 26.7. The van der Waals surface area contributed by atoms with Crippen molar-refractivity contribution in [3.63, 3.8) is 0 Å². The monoisotopic (exact) mass is 1420 g/mol. The summed E-state index contributed by atoms with van der Waals surface area (Å²) in [4.78, 5) is 11.8. The number of halogens is 1. The molecule has 2 aromatic heterocycles. The second-order valence-corrected chi connectivity index (χ2v) is 33.4. The minimum atomic E-state index is -4.89. The molecule has 0 saturated heterocycles. The molecule has 6 heteroatoms. The quantitative estimate of drug-likeness (QED) is 0.0854. The number of hydrogen-bond acceptors (Lipinski definition) is 3. The summed E-state index contributed by atoms with van der Waals surface area (Å²) in [7, 11) is 0. The fraction of sp³-hybridized carbons (Fsp3) is 0.0417. The van der Waals surface area contributed by atoms with E-state index in [0.29, 0.717) is 0 Å². The topological polar surface area (TPSA) is 52.7 Å². The molecule has 2 unspecified atom stereocenters. The number of aromatic nitrogens is 4. The van der Waals surface area contributed by atoms with Gasteiger partial charge >= 0.3 is 528 Å². The van der Waals surface area contributed by atoms with Gasteiger partial charge in [-0.3, -0.25) is 0 Å². The molecule has 2 aliphatic carbocycles. The third-order valence-electron chi connectivity index (χ3n) is 20.7. The van der Waals surface area contributed by atoms with E-state index in [1.165, 1.54) is 27.5 Å². The van der Waals surface area contributed by atoms with Crippen molar-refractivity contribution in [1.29, 1.82) is 0 Å². The van der Waals surface area contributed by atoms with E-state index < -0.39 is 18.4 Å². The Balaban J connectivity index is 0.836. The van der Waals surface area contributed by atoms with Gasteiger partial charge in [0, 0.05) is 0 Å². The fourth-order valence-corrected chi connectivity index (χ4v) is 22.3. The number of hydrogen-bond donors (Lipinski definition) is 0. The number of benzene rings is 15. The third kappa shape index (κ3) is 10.6. The number of allylic oxidation sites excluding steroid dienone is 8. The summed E-state index contributed by atoms with van der Waals surface area (Å²) in [5.41, 5.74) is 20.6. The van der Waals surface area contributed by atoms with Gasteiger partial charge in [0.1, 0.15) is 0 Å². The molecule has 15 aromatic carbocycles. The average molecular weight is 1420 g/mol. The zero-order valence-corrected chi connectivity index (χ0v) is 58.1. The number of imidazole rings is 2. The first kappa shape index (κ1) is 60.9. The van der Waals surface area contributed by atoms with Gasteiger partial charge in [0.25, 0.3) is 0 Å². The third-order valence-corrected chi connectivity index (χ3v) is 28.0. The van der Waals surface area contributed by atoms with E-state index in [2.05, 4.69) is 355 Å². The van der Waals surface area contributed by atoms with Crippen LogP contribution >= 0.6 is 18.4 Å². The van der Waals surface area contributed by atoms with Gasteiger partial charge in [-0.2, -0.15) is 0 Å². The van der Waals surface area contributed by atoms with Crippen LogP contribution in [0.1, 0.15) is 36.4 Å². The van der Waals surface area contributed by atoms with Crippen molar-refractivity contribution in [2.45, 2.75) is 25.3 Å². The van der Waals surface area contributed by atoms with Crippen LogP contribution in [0.15, 0.2) is 364 Å². The zero-order chi connectivity index (χ0) is 67.7. The number of nitrogens with zero attached hydrogens (tertiary/aromatic N) is 4. The fourth-order valence-electron chi connectivity index (χ4n) is 15.8. The van der Waals surface area contributed by atoms with Crippen molar-refractivity contribution in [3.8, 4) is 73.0 Å². The van der Waals surface area contributed by atoms with Crippen LogP contribution in [0.25, 0.3) is 149 Å². The van der Waals surface area contributed by atoms with Crippen molar-refractivity contribution < 1.29 is 3.07 Å². The van der Waals surface area contributed by atoms with Crippen molar-refractivity contribution in [2.24, 2.45) is 0 Å². The van der Waals surface area contributed by atoms with Gasteiger partial charge in [0.05, 0.1) is 0 Å². The Morgan fingerprint density at radius 1 is 0.333 bits per heavy atom. The summed E-state index contributed by atoms with van der Waals surface area (Å²) in [6, 6.07) is 117. The molecule has 0 spiro atoms. The van der Waals surface area contributed by atoms with Gasteiger partial charge in [-0.1, -0.05) is 66.7 Å². The van der Waals surface area contributed by atoms with E-state index in [0.717, 1.165) is 163 Å². The van der Waals surface area contributed by atoms with E-state index in [-0.39, 0.29) is 6.04 Å². The maximum absolute atomic E-state index is 17.8. The van der Waals surface area contributed by atoms with Gasteiger partial charge in [-0.25, -0.2) is 0 Å². The van der Waals surface area contributed by atoms with Gasteiger partial charge in [0.15, 0.2) is 0 Å². The first-order valence-corrected chi connectivity index (χ1v) is 39.3. The van der Waals surface area contributed by atoms with E-state index in [1.54, 1.807) is 0 Å². The van der Waals surface area contributed by atoms with Crippen LogP contribution in [0.3, 0.4) is 0 Å². The van der Waals surface area contributed by atoms with E-state index in [1.807, 2.05) is 18.2 Å². The minimum absolute atomic E-state index is 0.121. The van der Waals surface area contributed by atoms with Crippen LogP contribution in [0, 0.1) is 10.7 Å². The predicted octanol–water partition coefficient (Wildman–Crippen LogP) is 25.6. The molecule has 2 heterocycles. The number of rotatable bonds is 13. The molecular formula is C96H67IN4O. The average Bonchev–Trinajstić information content (AvgIpc) is 1.60. The molecule has 0 radical (unpaired) electrons. The molecule has 5 nitrogen and oxygen atoms in total. The van der Waals surface area contributed by atoms with Crippen LogP contribution in [0.5, 0.6) is 0 Å². The Morgan fingerprint density at radius 2 is 0.755 bits per heavy atom. The van der Waals surface area contributed by atoms with Gasteiger partial charge in [-0.05, 0) is 6.42 Å². The summed E-state index contributed by atoms with van der Waals surface area (Å²) >= 11 is -4.89. The van der Waals surface area contributed by atoms with Gasteiger partial charge in [0.2, 0.25) is 0 Å². The number of fused-ring (bicyclic) bond motifs is 12. The first-order chi connectivity index (χ1) is 50.4. The molecule has 0 fully saturated rings. The molecule has 484 valence electrons. The molecule has 19 rings (SSSR count). The van der Waals surface area contributed by atoms with Gasteiger partial charge < -0.3 is 0 Å². The molecule has 2 atom stereocenters. The Kier molecular flexibility index (Phi) is 15.2. The van der Waals surface area contributed by atoms with Crippen LogP contribution < -0.4 is 0 Å². The molecule has 0 bridgehead atoms. The zero-order valence-electron chi connectivity index (χ0n) is 55.9. The van der Waals surface area contributed by atoms with Crippen molar-refractivity contribution in [1.82, 2.24) is 19.1 Å². The van der Waals surface area contributed by atoms with Crippen LogP contribution in [-0.2, 0) is 3.07 Å². The van der Waals surface area contributed by atoms with Crippen molar-refractivity contribution in [2.75, 3.05) is 0 Å². The Bertz CT molecular complexity index is 6350. The van der Waals surface area contributed by atoms with Gasteiger partial charge in [-0.15, -0.1) is 0 Å². The Hall–Kier alpha value is -12.2. The molecule has 102 heavy (non-hydrogen) atoms. The van der Waals surface area contributed by atoms with Crippen molar-refractivity contribution in [3.05, 3.63) is 386 Å². The SMILES string of the molecule is O=I(c1ccccc1)(c1cccc(-c2nc3c4ccc(-c5ccccc5)cc4c4cc(-c5ccccc5)ccc4c3n2-c2cccc(-c3ccccc3)c2)c1)c1cccc(-c2nc3c4ccc(C5=CC=CCC5)cc4c4cc(-c5ccccc5)ccc4c3n2C2C=C(c3ccccc3)C=CC2)c1. The molecule has 17 aromatic rings. The standard InChI is InChI=1S/C96H67IN4O/c102-97(78-42-20-7-21-43-78,79-44-22-40-76(56-79)95-98-91-83-52-48-72(66-30-12-3-13-31-66)60-87(83)89-62-74(68-34-16-5-17-35-68)50-54-85(89)93(91)100(95)81-46-24-38-70(58-81)64-26-8-1-9-27-64)80-45-23-41-77(57-80)96-99-92-84-53-49-73(67-32-14-4-15-33-67)61-88(84)90-63-75(69-36-18-6-19-37-69)51-55-86(90)94(92)101(96)82-47-25-39-71(59-82)65-28-10-2-11-29-65/h1-14,16-32,34-46,48-63,82H,15,33,47H2. The predicted molar refractivity (Wildman–Crippen MR) is 434 cm³/mol. The molecule has 0 aliphatic heterocycles. The molecular weight excluding hydrogens is 1350 g/mol. The molecule has 0 saturated carbocycles. The maximum atomic E-state index is 17.8. The normalized spacial score (nSPS) is 14.7. The first-order valence-electron chi connectivity index (χ1n) is 35.1. The van der Waals surface area contributed by atoms with Crippen molar-refractivity contribution >= 4 is 94.7 Å². The van der Waals surface area contributed by atoms with E-state index >= 15 is 3.07 Å². The molecule has 2 aliphatic rings.